The molecule has 0 bridgehead atoms. The number of carbonyl (C=O) groups excluding carboxylic acids is 1. The van der Waals surface area contributed by atoms with Gasteiger partial charge in [0, 0.05) is 19.3 Å². The summed E-state index contributed by atoms with van der Waals surface area (Å²) in [7, 11) is 0. The molecule has 0 aliphatic rings. The maximum Gasteiger partial charge on any atom is 0.260 e. The molecule has 1 N–H and O–H groups in total. The van der Waals surface area contributed by atoms with E-state index in [1.807, 2.05) is 38.1 Å². The van der Waals surface area contributed by atoms with E-state index in [0.29, 0.717) is 13.1 Å². The van der Waals surface area contributed by atoms with Crippen LogP contribution in [0.3, 0.4) is 0 Å². The molecule has 0 saturated heterocycles. The van der Waals surface area contributed by atoms with E-state index in [4.69, 9.17) is 0 Å². The molecule has 104 valence electrons. The van der Waals surface area contributed by atoms with Crippen LogP contribution in [0.25, 0.3) is 0 Å². The van der Waals surface area contributed by atoms with Crippen molar-refractivity contribution in [3.8, 4) is 0 Å². The Labute approximate surface area is 118 Å². The molecular formula is C16H18N2O2. The molecule has 0 unspecified atom stereocenters. The van der Waals surface area contributed by atoms with Crippen LogP contribution in [0, 0.1) is 6.92 Å². The van der Waals surface area contributed by atoms with Gasteiger partial charge < -0.3 is 9.88 Å². The predicted molar refractivity (Wildman–Crippen MR) is 78.7 cm³/mol. The van der Waals surface area contributed by atoms with E-state index in [2.05, 4.69) is 4.98 Å². The number of aryl methyl sites for hydroxylation is 1. The van der Waals surface area contributed by atoms with E-state index in [0.717, 1.165) is 11.1 Å². The molecule has 2 rings (SSSR count). The van der Waals surface area contributed by atoms with Crippen molar-refractivity contribution >= 4 is 5.91 Å². The number of pyridine rings is 1. The van der Waals surface area contributed by atoms with Crippen LogP contribution in [0.15, 0.2) is 47.4 Å². The second-order valence-corrected chi connectivity index (χ2v) is 4.66. The van der Waals surface area contributed by atoms with Gasteiger partial charge in [0.05, 0.1) is 0 Å². The highest BCUT2D eigenvalue weighted by atomic mass is 16.2. The summed E-state index contributed by atoms with van der Waals surface area (Å²) in [4.78, 5) is 28.3. The third-order valence-electron chi connectivity index (χ3n) is 3.34. The first-order chi connectivity index (χ1) is 9.63. The Bertz CT molecular complexity index is 661. The molecule has 1 heterocycles. The van der Waals surface area contributed by atoms with E-state index in [9.17, 15) is 9.59 Å². The molecule has 0 saturated carbocycles. The maximum absolute atomic E-state index is 12.4. The highest BCUT2D eigenvalue weighted by Gasteiger charge is 2.17. The lowest BCUT2D eigenvalue weighted by atomic mass is 10.1. The van der Waals surface area contributed by atoms with E-state index in [-0.39, 0.29) is 17.0 Å². The lowest BCUT2D eigenvalue weighted by molar-refractivity contribution is 0.0750. The average Bonchev–Trinajstić information content (AvgIpc) is 2.46. The smallest absolute Gasteiger partial charge is 0.260 e. The minimum atomic E-state index is -0.347. The molecule has 0 atom stereocenters. The molecule has 0 aliphatic heterocycles. The Morgan fingerprint density at radius 3 is 2.60 bits per heavy atom. The summed E-state index contributed by atoms with van der Waals surface area (Å²) < 4.78 is 0. The van der Waals surface area contributed by atoms with Crippen LogP contribution in [-0.4, -0.2) is 22.3 Å². The van der Waals surface area contributed by atoms with Crippen LogP contribution >= 0.6 is 0 Å². The van der Waals surface area contributed by atoms with Crippen molar-refractivity contribution in [1.29, 1.82) is 0 Å². The zero-order chi connectivity index (χ0) is 14.5. The number of nitrogens with one attached hydrogen (secondary N) is 1. The van der Waals surface area contributed by atoms with Crippen LogP contribution in [0.1, 0.15) is 28.4 Å². The molecule has 1 aromatic carbocycles. The second-order valence-electron chi connectivity index (χ2n) is 4.66. The van der Waals surface area contributed by atoms with E-state index >= 15 is 0 Å². The number of hydrogen-bond acceptors (Lipinski definition) is 2. The number of nitrogens with zero attached hydrogens (tertiary/aromatic N) is 1. The number of amides is 1. The summed E-state index contributed by atoms with van der Waals surface area (Å²) in [6.45, 7) is 4.99. The predicted octanol–water partition coefficient (Wildman–Crippen LogP) is 2.35. The Kier molecular flexibility index (Phi) is 4.35. The van der Waals surface area contributed by atoms with Crippen LogP contribution < -0.4 is 5.56 Å². The number of rotatable bonds is 4. The highest BCUT2D eigenvalue weighted by Crippen LogP contribution is 2.12. The van der Waals surface area contributed by atoms with Gasteiger partial charge in [0.15, 0.2) is 0 Å². The maximum atomic E-state index is 12.4. The molecule has 4 nitrogen and oxygen atoms in total. The van der Waals surface area contributed by atoms with Gasteiger partial charge in [0.2, 0.25) is 0 Å². The Hall–Kier alpha value is -2.36. The summed E-state index contributed by atoms with van der Waals surface area (Å²) in [6, 6.07) is 11.2. The summed E-state index contributed by atoms with van der Waals surface area (Å²) >= 11 is 0. The molecule has 20 heavy (non-hydrogen) atoms. The van der Waals surface area contributed by atoms with Crippen molar-refractivity contribution in [3.63, 3.8) is 0 Å². The van der Waals surface area contributed by atoms with Crippen molar-refractivity contribution in [1.82, 2.24) is 9.88 Å². The average molecular weight is 270 g/mol. The molecule has 1 amide bonds. The zero-order valence-corrected chi connectivity index (χ0v) is 11.7. The molecule has 0 spiro atoms. The fourth-order valence-corrected chi connectivity index (χ4v) is 2.08. The summed E-state index contributed by atoms with van der Waals surface area (Å²) in [5.41, 5.74) is 2.07. The van der Waals surface area contributed by atoms with Crippen LogP contribution in [0.4, 0.5) is 0 Å². The number of aromatic nitrogens is 1. The minimum Gasteiger partial charge on any atom is -0.334 e. The Balaban J connectivity index is 2.25. The van der Waals surface area contributed by atoms with E-state index in [1.165, 1.54) is 6.20 Å². The summed E-state index contributed by atoms with van der Waals surface area (Å²) in [6.07, 6.45) is 1.52. The normalized spacial score (nSPS) is 10.3. The lowest BCUT2D eigenvalue weighted by Crippen LogP contribution is -2.34. The fourth-order valence-electron chi connectivity index (χ4n) is 2.08. The van der Waals surface area contributed by atoms with Gasteiger partial charge in [0.1, 0.15) is 5.56 Å². The van der Waals surface area contributed by atoms with Gasteiger partial charge in [-0.1, -0.05) is 24.3 Å². The second kappa shape index (κ2) is 6.19. The third kappa shape index (κ3) is 2.96. The number of hydrogen-bond donors (Lipinski definition) is 1. The SMILES string of the molecule is CCN(Cc1ccccc1C)C(=O)c1ccc[nH]c1=O. The quantitative estimate of drug-likeness (QED) is 0.927. The number of benzene rings is 1. The topological polar surface area (TPSA) is 53.2 Å². The van der Waals surface area contributed by atoms with E-state index in [1.54, 1.807) is 17.0 Å². The van der Waals surface area contributed by atoms with Crippen LogP contribution in [-0.2, 0) is 6.54 Å². The van der Waals surface area contributed by atoms with Crippen molar-refractivity contribution in [3.05, 3.63) is 69.6 Å². The molecule has 1 aromatic heterocycles. The molecular weight excluding hydrogens is 252 g/mol. The first-order valence-electron chi connectivity index (χ1n) is 6.65. The molecule has 0 aliphatic carbocycles. The van der Waals surface area contributed by atoms with E-state index < -0.39 is 0 Å². The monoisotopic (exact) mass is 270 g/mol. The van der Waals surface area contributed by atoms with Crippen molar-refractivity contribution in [2.75, 3.05) is 6.54 Å². The standard InChI is InChI=1S/C16H18N2O2/c1-3-18(11-13-8-5-4-7-12(13)2)16(20)14-9-6-10-17-15(14)19/h4-10H,3,11H2,1-2H3,(H,17,19). The first-order valence-corrected chi connectivity index (χ1v) is 6.65. The van der Waals surface area contributed by atoms with Crippen molar-refractivity contribution in [2.45, 2.75) is 20.4 Å². The van der Waals surface area contributed by atoms with Crippen LogP contribution in [0.5, 0.6) is 0 Å². The largest absolute Gasteiger partial charge is 0.334 e. The van der Waals surface area contributed by atoms with Gasteiger partial charge in [0.25, 0.3) is 11.5 Å². The molecule has 0 fully saturated rings. The van der Waals surface area contributed by atoms with Gasteiger partial charge in [-0.3, -0.25) is 9.59 Å². The molecule has 4 heteroatoms. The lowest BCUT2D eigenvalue weighted by Gasteiger charge is -2.21. The minimum absolute atomic E-state index is 0.183. The number of H-pyrrole nitrogens is 1. The number of carbonyl (C=O) groups is 1. The summed E-state index contributed by atoms with van der Waals surface area (Å²) in [5, 5.41) is 0. The van der Waals surface area contributed by atoms with Gasteiger partial charge >= 0.3 is 0 Å². The zero-order valence-electron chi connectivity index (χ0n) is 11.7. The Morgan fingerprint density at radius 1 is 1.20 bits per heavy atom. The van der Waals surface area contributed by atoms with Gasteiger partial charge in [-0.25, -0.2) is 0 Å². The molecule has 0 radical (unpaired) electrons. The third-order valence-corrected chi connectivity index (χ3v) is 3.34. The van der Waals surface area contributed by atoms with Gasteiger partial charge in [-0.15, -0.1) is 0 Å². The Morgan fingerprint density at radius 2 is 1.95 bits per heavy atom. The molecule has 2 aromatic rings. The van der Waals surface area contributed by atoms with Crippen molar-refractivity contribution in [2.24, 2.45) is 0 Å². The number of aromatic amines is 1. The van der Waals surface area contributed by atoms with Gasteiger partial charge in [-0.05, 0) is 37.1 Å². The van der Waals surface area contributed by atoms with Gasteiger partial charge in [-0.2, -0.15) is 0 Å². The van der Waals surface area contributed by atoms with Crippen LogP contribution in [0.2, 0.25) is 0 Å². The first kappa shape index (κ1) is 14.1. The fraction of sp³-hybridized carbons (Fsp3) is 0.250. The summed E-state index contributed by atoms with van der Waals surface area (Å²) in [5.74, 6) is -0.238. The van der Waals surface area contributed by atoms with Crippen molar-refractivity contribution < 1.29 is 4.79 Å². The highest BCUT2D eigenvalue weighted by molar-refractivity contribution is 5.93.